The summed E-state index contributed by atoms with van der Waals surface area (Å²) in [5.41, 5.74) is 6.71. The number of aliphatic carboxylic acids is 1. The van der Waals surface area contributed by atoms with Crippen LogP contribution in [0.15, 0.2) is 35.4 Å². The van der Waals surface area contributed by atoms with Gasteiger partial charge >= 0.3 is 5.97 Å². The van der Waals surface area contributed by atoms with Gasteiger partial charge in [-0.1, -0.05) is 90.3 Å². The Balaban J connectivity index is 3.37. The first kappa shape index (κ1) is 44.9. The van der Waals surface area contributed by atoms with Crippen molar-refractivity contribution in [3.63, 3.8) is 0 Å². The summed E-state index contributed by atoms with van der Waals surface area (Å²) in [6.07, 6.45) is 1.25. The van der Waals surface area contributed by atoms with Crippen LogP contribution in [0.25, 0.3) is 0 Å². The van der Waals surface area contributed by atoms with Gasteiger partial charge in [0.15, 0.2) is 0 Å². The lowest BCUT2D eigenvalue weighted by Crippen LogP contribution is -2.58. The van der Waals surface area contributed by atoms with Crippen molar-refractivity contribution in [3.05, 3.63) is 35.9 Å². The molecule has 0 heterocycles. The molecular formula is C37H60N6O8. The van der Waals surface area contributed by atoms with Gasteiger partial charge in [-0.2, -0.15) is 0 Å². The molecule has 0 aliphatic carbocycles. The summed E-state index contributed by atoms with van der Waals surface area (Å²) in [6, 6.07) is 3.96. The van der Waals surface area contributed by atoms with Crippen LogP contribution in [-0.4, -0.2) is 87.7 Å². The number of carboxylic acid groups (broad SMARTS) is 1. The normalized spacial score (nSPS) is 15.7. The van der Waals surface area contributed by atoms with Gasteiger partial charge < -0.3 is 31.5 Å². The van der Waals surface area contributed by atoms with E-state index in [1.54, 1.807) is 48.5 Å². The maximum Gasteiger partial charge on any atom is 0.326 e. The summed E-state index contributed by atoms with van der Waals surface area (Å²) in [5, 5.41) is 22.2. The van der Waals surface area contributed by atoms with Crippen LogP contribution in [0.5, 0.6) is 0 Å². The molecule has 14 heteroatoms. The number of hydrazone groups is 1. The molecule has 0 fully saturated rings. The lowest BCUT2D eigenvalue weighted by molar-refractivity contribution is -0.159. The number of nitrogens with two attached hydrogens (primary N) is 1. The molecule has 1 aromatic carbocycles. The SMILES string of the molecule is CC[C@H](C)[C@H](NC(=O)C[C@H](N)[C@H](Cc1ccccc1)NC(=O)[C@H](CC)N(N=C=O)C(=O)[C@H](CC(C)C)OC(C)(C)C)C(=O)N[C@H](C(=O)O)C(C)C. The number of carbonyl (C=O) groups excluding carboxylic acids is 5. The summed E-state index contributed by atoms with van der Waals surface area (Å²) in [7, 11) is 0. The molecule has 0 bridgehead atoms. The molecule has 0 radical (unpaired) electrons. The highest BCUT2D eigenvalue weighted by Gasteiger charge is 2.38. The standard InChI is InChI=1S/C37H60N6O8/c1-11-24(7)32(34(47)42-31(23(5)6)36(49)50)41-30(45)20-26(38)27(19-25-16-14-13-15-17-25)40-33(46)28(12-2)43(39-21-44)35(48)29(18-22(3)4)51-37(8,9)10/h13-17,22-24,26-29,31-32H,11-12,18-20,38H2,1-10H3,(H,40,46)(H,41,45)(H,42,47)(H,49,50)/t24-,26-,27-,28-,29-,31-,32-/m0/s1. The monoisotopic (exact) mass is 716 g/mol. The smallest absolute Gasteiger partial charge is 0.326 e. The first-order chi connectivity index (χ1) is 23.8. The van der Waals surface area contributed by atoms with Crippen molar-refractivity contribution in [1.29, 1.82) is 0 Å². The molecule has 0 aliphatic rings. The summed E-state index contributed by atoms with van der Waals surface area (Å²) >= 11 is 0. The Hall–Kier alpha value is -4.13. The first-order valence-electron chi connectivity index (χ1n) is 17.8. The topological polar surface area (TPSA) is 210 Å². The zero-order valence-corrected chi connectivity index (χ0v) is 31.9. The lowest BCUT2D eigenvalue weighted by Gasteiger charge is -2.33. The molecule has 7 atom stereocenters. The molecule has 51 heavy (non-hydrogen) atoms. The van der Waals surface area contributed by atoms with Crippen molar-refractivity contribution in [3.8, 4) is 0 Å². The number of isocyanates is 1. The molecule has 286 valence electrons. The summed E-state index contributed by atoms with van der Waals surface area (Å²) in [4.78, 5) is 77.6. The maximum absolute atomic E-state index is 13.9. The summed E-state index contributed by atoms with van der Waals surface area (Å²) in [6.45, 7) is 17.9. The van der Waals surface area contributed by atoms with Crippen LogP contribution in [0.4, 0.5) is 0 Å². The zero-order valence-electron chi connectivity index (χ0n) is 31.9. The van der Waals surface area contributed by atoms with Gasteiger partial charge in [0.1, 0.15) is 24.2 Å². The van der Waals surface area contributed by atoms with Crippen LogP contribution in [-0.2, 0) is 39.9 Å². The van der Waals surface area contributed by atoms with Gasteiger partial charge in [0.2, 0.25) is 17.7 Å². The number of nitrogens with one attached hydrogen (secondary N) is 3. The Bertz CT molecular complexity index is 1340. The number of amides is 4. The van der Waals surface area contributed by atoms with Gasteiger partial charge in [0, 0.05) is 18.5 Å². The Morgan fingerprint density at radius 2 is 1.53 bits per heavy atom. The van der Waals surface area contributed by atoms with Gasteiger partial charge in [-0.05, 0) is 63.4 Å². The van der Waals surface area contributed by atoms with E-state index >= 15 is 0 Å². The molecule has 0 spiro atoms. The van der Waals surface area contributed by atoms with Gasteiger partial charge in [-0.15, -0.1) is 0 Å². The van der Waals surface area contributed by atoms with Crippen LogP contribution in [0, 0.1) is 17.8 Å². The van der Waals surface area contributed by atoms with Gasteiger partial charge in [0.05, 0.1) is 5.60 Å². The summed E-state index contributed by atoms with van der Waals surface area (Å²) < 4.78 is 6.04. The van der Waals surface area contributed by atoms with E-state index in [9.17, 15) is 33.9 Å². The first-order valence-corrected chi connectivity index (χ1v) is 17.8. The highest BCUT2D eigenvalue weighted by molar-refractivity contribution is 5.91. The second kappa shape index (κ2) is 21.3. The van der Waals surface area contributed by atoms with Gasteiger partial charge in [-0.3, -0.25) is 19.2 Å². The van der Waals surface area contributed by atoms with E-state index in [2.05, 4.69) is 21.1 Å². The van der Waals surface area contributed by atoms with Crippen LogP contribution in [0.2, 0.25) is 0 Å². The second-order valence-electron chi connectivity index (χ2n) is 14.8. The fourth-order valence-electron chi connectivity index (χ4n) is 5.49. The molecule has 4 amide bonds. The molecule has 0 aliphatic heterocycles. The third-order valence-corrected chi connectivity index (χ3v) is 8.42. The third-order valence-electron chi connectivity index (χ3n) is 8.42. The highest BCUT2D eigenvalue weighted by Crippen LogP contribution is 2.21. The molecule has 0 aromatic heterocycles. The zero-order chi connectivity index (χ0) is 39.1. The van der Waals surface area contributed by atoms with Gasteiger partial charge in [-0.25, -0.2) is 14.6 Å². The van der Waals surface area contributed by atoms with E-state index in [-0.39, 0.29) is 31.1 Å². The van der Waals surface area contributed by atoms with E-state index in [0.717, 1.165) is 10.6 Å². The number of hydrogen-bond acceptors (Lipinski definition) is 9. The number of carboxylic acids is 1. The van der Waals surface area contributed by atoms with Crippen molar-refractivity contribution in [2.45, 2.75) is 143 Å². The molecule has 14 nitrogen and oxygen atoms in total. The van der Waals surface area contributed by atoms with Crippen molar-refractivity contribution in [1.82, 2.24) is 21.0 Å². The fourth-order valence-corrected chi connectivity index (χ4v) is 5.49. The molecule has 0 saturated heterocycles. The number of carbonyl (C=O) groups is 5. The average Bonchev–Trinajstić information content (AvgIpc) is 3.03. The predicted octanol–water partition coefficient (Wildman–Crippen LogP) is 3.28. The summed E-state index contributed by atoms with van der Waals surface area (Å²) in [5.74, 6) is -4.36. The number of benzene rings is 1. The van der Waals surface area contributed by atoms with E-state index in [1.807, 2.05) is 51.1 Å². The van der Waals surface area contributed by atoms with Crippen LogP contribution in [0.1, 0.15) is 100 Å². The van der Waals surface area contributed by atoms with Gasteiger partial charge in [0.25, 0.3) is 12.0 Å². The molecule has 1 rings (SSSR count). The number of nitrogens with zero attached hydrogens (tertiary/aromatic N) is 2. The van der Waals surface area contributed by atoms with Crippen molar-refractivity contribution >= 4 is 35.7 Å². The average molecular weight is 717 g/mol. The molecule has 0 saturated carbocycles. The molecular weight excluding hydrogens is 656 g/mol. The van der Waals surface area contributed by atoms with E-state index in [4.69, 9.17) is 10.5 Å². The third kappa shape index (κ3) is 15.3. The predicted molar refractivity (Wildman–Crippen MR) is 194 cm³/mol. The highest BCUT2D eigenvalue weighted by atomic mass is 16.5. The molecule has 0 unspecified atom stereocenters. The Morgan fingerprint density at radius 1 is 0.922 bits per heavy atom. The van der Waals surface area contributed by atoms with Crippen molar-refractivity contribution in [2.75, 3.05) is 0 Å². The number of ether oxygens (including phenoxy) is 1. The lowest BCUT2D eigenvalue weighted by atomic mass is 9.94. The molecule has 6 N–H and O–H groups in total. The fraction of sp³-hybridized carbons (Fsp3) is 0.676. The van der Waals surface area contributed by atoms with E-state index < -0.39 is 77.4 Å². The van der Waals surface area contributed by atoms with Crippen LogP contribution in [0.3, 0.4) is 0 Å². The second-order valence-corrected chi connectivity index (χ2v) is 14.8. The quantitative estimate of drug-likeness (QED) is 0.0717. The minimum atomic E-state index is -1.22. The Kier molecular flexibility index (Phi) is 18.7. The molecule has 1 aromatic rings. The largest absolute Gasteiger partial charge is 0.480 e. The Morgan fingerprint density at radius 3 is 2.00 bits per heavy atom. The Labute approximate surface area is 302 Å². The van der Waals surface area contributed by atoms with Crippen molar-refractivity contribution < 1.29 is 38.6 Å². The van der Waals surface area contributed by atoms with E-state index in [0.29, 0.717) is 12.8 Å². The minimum absolute atomic E-state index is 0.0523. The number of rotatable bonds is 21. The maximum atomic E-state index is 13.9. The van der Waals surface area contributed by atoms with Crippen molar-refractivity contribution in [2.24, 2.45) is 28.6 Å². The van der Waals surface area contributed by atoms with E-state index in [1.165, 1.54) is 6.08 Å². The number of hydrogen-bond donors (Lipinski definition) is 5. The minimum Gasteiger partial charge on any atom is -0.480 e. The van der Waals surface area contributed by atoms with Crippen LogP contribution >= 0.6 is 0 Å². The van der Waals surface area contributed by atoms with Crippen LogP contribution < -0.4 is 21.7 Å².